The topological polar surface area (TPSA) is 41.5 Å². The fourth-order valence-corrected chi connectivity index (χ4v) is 3.18. The Bertz CT molecular complexity index is 492. The van der Waals surface area contributed by atoms with Gasteiger partial charge in [0.05, 0.1) is 0 Å². The van der Waals surface area contributed by atoms with Crippen molar-refractivity contribution in [3.63, 3.8) is 0 Å². The number of rotatable bonds is 8. The molecule has 3 nitrogen and oxygen atoms in total. The molecule has 0 aromatic heterocycles. The maximum atomic E-state index is 10.1. The molecule has 0 radical (unpaired) electrons. The molecule has 0 spiro atoms. The summed E-state index contributed by atoms with van der Waals surface area (Å²) in [6.45, 7) is 6.13. The highest BCUT2D eigenvalue weighted by atomic mass is 16.5. The summed E-state index contributed by atoms with van der Waals surface area (Å²) in [7, 11) is 0. The monoisotopic (exact) mass is 289 g/mol. The first-order chi connectivity index (χ1) is 10.1. The largest absolute Gasteiger partial charge is 0.491 e. The SMILES string of the molecule is Cc1ccc(C)c(OCC(O)CNCC2(C3CC3)CC2)c1. The highest BCUT2D eigenvalue weighted by Gasteiger charge is 2.53. The second-order valence-corrected chi connectivity index (χ2v) is 7.00. The molecule has 116 valence electrons. The molecule has 21 heavy (non-hydrogen) atoms. The average molecular weight is 289 g/mol. The molecule has 2 fully saturated rings. The fraction of sp³-hybridized carbons (Fsp3) is 0.667. The summed E-state index contributed by atoms with van der Waals surface area (Å²) in [6, 6.07) is 6.16. The number of benzene rings is 1. The Morgan fingerprint density at radius 1 is 1.33 bits per heavy atom. The van der Waals surface area contributed by atoms with Crippen LogP contribution in [0.25, 0.3) is 0 Å². The molecule has 1 atom stereocenters. The number of aliphatic hydroxyl groups excluding tert-OH is 1. The van der Waals surface area contributed by atoms with Crippen LogP contribution in [0.3, 0.4) is 0 Å². The summed E-state index contributed by atoms with van der Waals surface area (Å²) in [5.41, 5.74) is 2.89. The van der Waals surface area contributed by atoms with Gasteiger partial charge in [0.25, 0.3) is 0 Å². The maximum Gasteiger partial charge on any atom is 0.122 e. The zero-order chi connectivity index (χ0) is 14.9. The van der Waals surface area contributed by atoms with Crippen molar-refractivity contribution in [3.8, 4) is 5.75 Å². The zero-order valence-electron chi connectivity index (χ0n) is 13.2. The van der Waals surface area contributed by atoms with Gasteiger partial charge in [-0.05, 0) is 68.1 Å². The third kappa shape index (κ3) is 3.78. The van der Waals surface area contributed by atoms with Gasteiger partial charge in [-0.3, -0.25) is 0 Å². The van der Waals surface area contributed by atoms with Crippen molar-refractivity contribution in [2.45, 2.75) is 45.6 Å². The van der Waals surface area contributed by atoms with E-state index < -0.39 is 6.10 Å². The number of hydrogen-bond donors (Lipinski definition) is 2. The first kappa shape index (κ1) is 14.9. The predicted molar refractivity (Wildman–Crippen MR) is 84.7 cm³/mol. The van der Waals surface area contributed by atoms with Crippen LogP contribution in [-0.4, -0.2) is 30.9 Å². The van der Waals surface area contributed by atoms with Crippen LogP contribution < -0.4 is 10.1 Å². The molecule has 2 aliphatic rings. The highest BCUT2D eigenvalue weighted by Crippen LogP contribution is 2.60. The van der Waals surface area contributed by atoms with Crippen LogP contribution in [0.4, 0.5) is 0 Å². The number of aryl methyl sites for hydroxylation is 2. The molecule has 0 amide bonds. The second-order valence-electron chi connectivity index (χ2n) is 7.00. The van der Waals surface area contributed by atoms with E-state index in [9.17, 15) is 5.11 Å². The van der Waals surface area contributed by atoms with Crippen LogP contribution in [-0.2, 0) is 0 Å². The third-order valence-electron chi connectivity index (χ3n) is 4.97. The molecular formula is C18H27NO2. The number of aliphatic hydroxyl groups is 1. The first-order valence-corrected chi connectivity index (χ1v) is 8.18. The molecule has 0 aliphatic heterocycles. The molecule has 3 heteroatoms. The summed E-state index contributed by atoms with van der Waals surface area (Å²) in [5, 5.41) is 13.5. The van der Waals surface area contributed by atoms with E-state index in [1.54, 1.807) is 0 Å². The Hall–Kier alpha value is -1.06. The van der Waals surface area contributed by atoms with Crippen LogP contribution in [0.15, 0.2) is 18.2 Å². The molecule has 1 aromatic rings. The quantitative estimate of drug-likeness (QED) is 0.773. The Labute approximate surface area is 127 Å². The van der Waals surface area contributed by atoms with Crippen LogP contribution in [0.5, 0.6) is 5.75 Å². The van der Waals surface area contributed by atoms with Crippen LogP contribution in [0, 0.1) is 25.2 Å². The highest BCUT2D eigenvalue weighted by molar-refractivity contribution is 5.35. The normalized spacial score (nSPS) is 21.1. The van der Waals surface area contributed by atoms with Gasteiger partial charge in [0.15, 0.2) is 0 Å². The summed E-state index contributed by atoms with van der Waals surface area (Å²) >= 11 is 0. The number of hydrogen-bond acceptors (Lipinski definition) is 3. The molecule has 2 aliphatic carbocycles. The van der Waals surface area contributed by atoms with Crippen molar-refractivity contribution in [3.05, 3.63) is 29.3 Å². The van der Waals surface area contributed by atoms with Gasteiger partial charge in [0.2, 0.25) is 0 Å². The van der Waals surface area contributed by atoms with E-state index in [0.717, 1.165) is 23.8 Å². The molecule has 2 N–H and O–H groups in total. The molecule has 0 bridgehead atoms. The molecule has 1 unspecified atom stereocenters. The predicted octanol–water partition coefficient (Wildman–Crippen LogP) is 2.82. The number of nitrogens with one attached hydrogen (secondary N) is 1. The maximum absolute atomic E-state index is 10.1. The van der Waals surface area contributed by atoms with E-state index in [1.165, 1.54) is 31.2 Å². The van der Waals surface area contributed by atoms with Crippen molar-refractivity contribution >= 4 is 0 Å². The Morgan fingerprint density at radius 3 is 2.76 bits per heavy atom. The lowest BCUT2D eigenvalue weighted by atomic mass is 10.0. The van der Waals surface area contributed by atoms with E-state index in [0.29, 0.717) is 18.6 Å². The van der Waals surface area contributed by atoms with Crippen molar-refractivity contribution in [1.82, 2.24) is 5.32 Å². The summed E-state index contributed by atoms with van der Waals surface area (Å²) < 4.78 is 5.75. The summed E-state index contributed by atoms with van der Waals surface area (Å²) in [6.07, 6.45) is 5.14. The minimum atomic E-state index is -0.445. The van der Waals surface area contributed by atoms with Crippen molar-refractivity contribution in [2.75, 3.05) is 19.7 Å². The Kier molecular flexibility index (Phi) is 4.23. The molecule has 0 heterocycles. The van der Waals surface area contributed by atoms with E-state index >= 15 is 0 Å². The van der Waals surface area contributed by atoms with Gasteiger partial charge in [-0.1, -0.05) is 12.1 Å². The van der Waals surface area contributed by atoms with Gasteiger partial charge in [0.1, 0.15) is 18.5 Å². The smallest absolute Gasteiger partial charge is 0.122 e. The lowest BCUT2D eigenvalue weighted by molar-refractivity contribution is 0.104. The van der Waals surface area contributed by atoms with Crippen molar-refractivity contribution in [1.29, 1.82) is 0 Å². The van der Waals surface area contributed by atoms with Gasteiger partial charge < -0.3 is 15.2 Å². The van der Waals surface area contributed by atoms with Gasteiger partial charge in [-0.25, -0.2) is 0 Å². The lowest BCUT2D eigenvalue weighted by Crippen LogP contribution is -2.35. The van der Waals surface area contributed by atoms with Crippen LogP contribution in [0.1, 0.15) is 36.8 Å². The van der Waals surface area contributed by atoms with E-state index in [1.807, 2.05) is 13.0 Å². The van der Waals surface area contributed by atoms with Gasteiger partial charge in [0, 0.05) is 13.1 Å². The molecule has 0 saturated heterocycles. The molecule has 1 aromatic carbocycles. The Balaban J connectivity index is 1.38. The molecule has 3 rings (SSSR count). The van der Waals surface area contributed by atoms with Gasteiger partial charge in [-0.15, -0.1) is 0 Å². The van der Waals surface area contributed by atoms with Gasteiger partial charge in [-0.2, -0.15) is 0 Å². The minimum absolute atomic E-state index is 0.355. The van der Waals surface area contributed by atoms with E-state index in [4.69, 9.17) is 4.74 Å². The van der Waals surface area contributed by atoms with Gasteiger partial charge >= 0.3 is 0 Å². The first-order valence-electron chi connectivity index (χ1n) is 8.18. The van der Waals surface area contributed by atoms with E-state index in [-0.39, 0.29) is 0 Å². The Morgan fingerprint density at radius 2 is 2.10 bits per heavy atom. The third-order valence-corrected chi connectivity index (χ3v) is 4.97. The average Bonchev–Trinajstić information content (AvgIpc) is 3.32. The minimum Gasteiger partial charge on any atom is -0.491 e. The molecule has 2 saturated carbocycles. The van der Waals surface area contributed by atoms with Crippen molar-refractivity contribution < 1.29 is 9.84 Å². The van der Waals surface area contributed by atoms with Crippen LogP contribution >= 0.6 is 0 Å². The van der Waals surface area contributed by atoms with Crippen molar-refractivity contribution in [2.24, 2.45) is 11.3 Å². The lowest BCUT2D eigenvalue weighted by Gasteiger charge is -2.18. The van der Waals surface area contributed by atoms with Crippen LogP contribution in [0.2, 0.25) is 0 Å². The standard InChI is InChI=1S/C18H27NO2/c1-13-3-4-14(2)17(9-13)21-11-16(20)10-19-12-18(7-8-18)15-5-6-15/h3-4,9,15-16,19-20H,5-8,10-12H2,1-2H3. The second kappa shape index (κ2) is 5.98. The fourth-order valence-electron chi connectivity index (χ4n) is 3.18. The van der Waals surface area contributed by atoms with E-state index in [2.05, 4.69) is 24.4 Å². The summed E-state index contributed by atoms with van der Waals surface area (Å²) in [4.78, 5) is 0. The zero-order valence-corrected chi connectivity index (χ0v) is 13.2. The molecular weight excluding hydrogens is 262 g/mol. The number of ether oxygens (including phenoxy) is 1. The summed E-state index contributed by atoms with van der Waals surface area (Å²) in [5.74, 6) is 1.85.